The van der Waals surface area contributed by atoms with Gasteiger partial charge in [0.2, 0.25) is 5.91 Å². The predicted octanol–water partition coefficient (Wildman–Crippen LogP) is 0.235. The lowest BCUT2D eigenvalue weighted by Crippen LogP contribution is -2.39. The van der Waals surface area contributed by atoms with Gasteiger partial charge in [-0.1, -0.05) is 0 Å². The van der Waals surface area contributed by atoms with Crippen LogP contribution in [0.5, 0.6) is 0 Å². The predicted molar refractivity (Wildman–Crippen MR) is 57.6 cm³/mol. The molecular formula is C11H20N2O2. The molecule has 0 radical (unpaired) electrons. The zero-order valence-corrected chi connectivity index (χ0v) is 9.21. The van der Waals surface area contributed by atoms with E-state index in [9.17, 15) is 4.79 Å². The summed E-state index contributed by atoms with van der Waals surface area (Å²) in [7, 11) is 0. The van der Waals surface area contributed by atoms with Gasteiger partial charge in [-0.2, -0.15) is 0 Å². The molecule has 4 nitrogen and oxygen atoms in total. The van der Waals surface area contributed by atoms with Crippen molar-refractivity contribution in [3.63, 3.8) is 0 Å². The summed E-state index contributed by atoms with van der Waals surface area (Å²) in [5.41, 5.74) is 0. The van der Waals surface area contributed by atoms with Gasteiger partial charge in [-0.15, -0.1) is 0 Å². The van der Waals surface area contributed by atoms with Crippen LogP contribution < -0.4 is 5.32 Å². The van der Waals surface area contributed by atoms with Crippen molar-refractivity contribution in [2.75, 3.05) is 39.4 Å². The van der Waals surface area contributed by atoms with E-state index in [-0.39, 0.29) is 5.91 Å². The molecule has 2 rings (SSSR count). The first kappa shape index (κ1) is 10.9. The molecule has 0 aromatic heterocycles. The Labute approximate surface area is 91.0 Å². The topological polar surface area (TPSA) is 41.6 Å². The van der Waals surface area contributed by atoms with Crippen LogP contribution in [0.25, 0.3) is 0 Å². The standard InChI is InChI=1S/C11H20N2O2/c14-11-3-7-15-8-6-13(11)9-10-1-4-12-5-2-10/h10,12H,1-9H2. The van der Waals surface area contributed by atoms with Crippen molar-refractivity contribution in [3.05, 3.63) is 0 Å². The van der Waals surface area contributed by atoms with Gasteiger partial charge in [-0.3, -0.25) is 4.79 Å². The number of carbonyl (C=O) groups excluding carboxylic acids is 1. The average molecular weight is 212 g/mol. The monoisotopic (exact) mass is 212 g/mol. The quantitative estimate of drug-likeness (QED) is 0.712. The number of piperidine rings is 1. The van der Waals surface area contributed by atoms with E-state index in [1.54, 1.807) is 0 Å². The molecule has 2 aliphatic heterocycles. The number of nitrogens with one attached hydrogen (secondary N) is 1. The zero-order chi connectivity index (χ0) is 10.5. The van der Waals surface area contributed by atoms with E-state index in [0.717, 1.165) is 26.2 Å². The Morgan fingerprint density at radius 3 is 2.93 bits per heavy atom. The molecule has 0 bridgehead atoms. The molecule has 86 valence electrons. The van der Waals surface area contributed by atoms with Crippen molar-refractivity contribution in [3.8, 4) is 0 Å². The third-order valence-electron chi connectivity index (χ3n) is 3.26. The summed E-state index contributed by atoms with van der Waals surface area (Å²) in [6.45, 7) is 5.22. The fourth-order valence-electron chi connectivity index (χ4n) is 2.29. The van der Waals surface area contributed by atoms with Gasteiger partial charge >= 0.3 is 0 Å². The van der Waals surface area contributed by atoms with Crippen molar-refractivity contribution in [2.45, 2.75) is 19.3 Å². The Bertz CT molecular complexity index is 215. The number of carbonyl (C=O) groups is 1. The van der Waals surface area contributed by atoms with Crippen LogP contribution in [0.15, 0.2) is 0 Å². The van der Waals surface area contributed by atoms with Gasteiger partial charge < -0.3 is 15.0 Å². The molecule has 0 aromatic rings. The van der Waals surface area contributed by atoms with E-state index in [4.69, 9.17) is 4.74 Å². The van der Waals surface area contributed by atoms with Crippen LogP contribution in [0, 0.1) is 5.92 Å². The minimum absolute atomic E-state index is 0.269. The first-order valence-corrected chi connectivity index (χ1v) is 5.92. The zero-order valence-electron chi connectivity index (χ0n) is 9.21. The van der Waals surface area contributed by atoms with Crippen LogP contribution in [0.4, 0.5) is 0 Å². The van der Waals surface area contributed by atoms with E-state index < -0.39 is 0 Å². The second-order valence-electron chi connectivity index (χ2n) is 4.40. The highest BCUT2D eigenvalue weighted by Gasteiger charge is 2.21. The van der Waals surface area contributed by atoms with Gasteiger partial charge in [0, 0.05) is 13.1 Å². The maximum atomic E-state index is 11.7. The molecule has 0 saturated carbocycles. The third kappa shape index (κ3) is 3.18. The smallest absolute Gasteiger partial charge is 0.224 e. The Morgan fingerprint density at radius 1 is 1.33 bits per heavy atom. The van der Waals surface area contributed by atoms with Gasteiger partial charge in [0.05, 0.1) is 19.6 Å². The lowest BCUT2D eigenvalue weighted by molar-refractivity contribution is -0.131. The summed E-state index contributed by atoms with van der Waals surface area (Å²) in [6, 6.07) is 0. The molecule has 0 aliphatic carbocycles. The number of hydrogen-bond donors (Lipinski definition) is 1. The molecule has 0 atom stereocenters. The molecule has 2 heterocycles. The van der Waals surface area contributed by atoms with E-state index in [1.807, 2.05) is 4.90 Å². The highest BCUT2D eigenvalue weighted by atomic mass is 16.5. The molecule has 2 saturated heterocycles. The summed E-state index contributed by atoms with van der Waals surface area (Å²) in [5, 5.41) is 3.35. The van der Waals surface area contributed by atoms with Crippen molar-refractivity contribution in [1.82, 2.24) is 10.2 Å². The van der Waals surface area contributed by atoms with Crippen LogP contribution in [0.1, 0.15) is 19.3 Å². The normalized spacial score (nSPS) is 25.3. The summed E-state index contributed by atoms with van der Waals surface area (Å²) in [5.74, 6) is 0.958. The van der Waals surface area contributed by atoms with Crippen molar-refractivity contribution < 1.29 is 9.53 Å². The van der Waals surface area contributed by atoms with Crippen LogP contribution in [0.2, 0.25) is 0 Å². The SMILES string of the molecule is O=C1CCOCCN1CC1CCNCC1. The second kappa shape index (κ2) is 5.47. The Kier molecular flexibility index (Phi) is 3.97. The van der Waals surface area contributed by atoms with Crippen LogP contribution in [0.3, 0.4) is 0 Å². The molecule has 0 aromatic carbocycles. The molecule has 0 spiro atoms. The summed E-state index contributed by atoms with van der Waals surface area (Å²) in [6.07, 6.45) is 2.96. The highest BCUT2D eigenvalue weighted by molar-refractivity contribution is 5.76. The second-order valence-corrected chi connectivity index (χ2v) is 4.40. The fourth-order valence-corrected chi connectivity index (χ4v) is 2.29. The molecule has 1 amide bonds. The number of ether oxygens (including phenoxy) is 1. The van der Waals surface area contributed by atoms with Crippen LogP contribution in [-0.2, 0) is 9.53 Å². The number of nitrogens with zero attached hydrogens (tertiary/aromatic N) is 1. The molecule has 2 aliphatic rings. The Morgan fingerprint density at radius 2 is 2.13 bits per heavy atom. The van der Waals surface area contributed by atoms with Gasteiger partial charge in [-0.05, 0) is 31.8 Å². The number of amides is 1. The minimum atomic E-state index is 0.269. The maximum Gasteiger partial charge on any atom is 0.224 e. The van der Waals surface area contributed by atoms with Gasteiger partial charge in [0.25, 0.3) is 0 Å². The van der Waals surface area contributed by atoms with E-state index in [1.165, 1.54) is 12.8 Å². The van der Waals surface area contributed by atoms with Crippen molar-refractivity contribution >= 4 is 5.91 Å². The van der Waals surface area contributed by atoms with Crippen molar-refractivity contribution in [1.29, 1.82) is 0 Å². The lowest BCUT2D eigenvalue weighted by atomic mass is 9.97. The minimum Gasteiger partial charge on any atom is -0.379 e. The van der Waals surface area contributed by atoms with Gasteiger partial charge in [0.15, 0.2) is 0 Å². The summed E-state index contributed by atoms with van der Waals surface area (Å²) >= 11 is 0. The first-order chi connectivity index (χ1) is 7.36. The Balaban J connectivity index is 1.82. The highest BCUT2D eigenvalue weighted by Crippen LogP contribution is 2.14. The maximum absolute atomic E-state index is 11.7. The fraction of sp³-hybridized carbons (Fsp3) is 0.909. The molecule has 4 heteroatoms. The van der Waals surface area contributed by atoms with E-state index in [0.29, 0.717) is 25.6 Å². The number of hydrogen-bond acceptors (Lipinski definition) is 3. The molecule has 0 unspecified atom stereocenters. The van der Waals surface area contributed by atoms with Crippen molar-refractivity contribution in [2.24, 2.45) is 5.92 Å². The molecule has 15 heavy (non-hydrogen) atoms. The summed E-state index contributed by atoms with van der Waals surface area (Å²) < 4.78 is 5.31. The van der Waals surface area contributed by atoms with Gasteiger partial charge in [0.1, 0.15) is 0 Å². The lowest BCUT2D eigenvalue weighted by Gasteiger charge is -2.29. The molecular weight excluding hydrogens is 192 g/mol. The van der Waals surface area contributed by atoms with Gasteiger partial charge in [-0.25, -0.2) is 0 Å². The first-order valence-electron chi connectivity index (χ1n) is 5.92. The number of rotatable bonds is 2. The Hall–Kier alpha value is -0.610. The van der Waals surface area contributed by atoms with Crippen LogP contribution >= 0.6 is 0 Å². The summed E-state index contributed by atoms with van der Waals surface area (Å²) in [4.78, 5) is 13.7. The van der Waals surface area contributed by atoms with Crippen LogP contribution in [-0.4, -0.2) is 50.2 Å². The average Bonchev–Trinajstić information content (AvgIpc) is 2.46. The van der Waals surface area contributed by atoms with E-state index >= 15 is 0 Å². The molecule has 2 fully saturated rings. The molecule has 1 N–H and O–H groups in total. The van der Waals surface area contributed by atoms with E-state index in [2.05, 4.69) is 5.32 Å². The third-order valence-corrected chi connectivity index (χ3v) is 3.26. The largest absolute Gasteiger partial charge is 0.379 e.